The van der Waals surface area contributed by atoms with E-state index in [2.05, 4.69) is 69.4 Å². The van der Waals surface area contributed by atoms with Gasteiger partial charge >= 0.3 is 0 Å². The molecular weight excluding hydrogens is 424 g/mol. The van der Waals surface area contributed by atoms with E-state index in [1.807, 2.05) is 24.3 Å². The standard InChI is InChI=1S/C25H25BrN2O/c26-20-10-6-9-19(15-20)25-22(11-4-5-14-27)23-16-21(12-13-24(23)28-25)29-17-18-7-2-1-3-8-18/h1-3,6-10,12-13,15-16,28H,4-5,11,14,17,27H2. The Bertz CT molecular complexity index is 1090. The van der Waals surface area contributed by atoms with Gasteiger partial charge in [-0.25, -0.2) is 0 Å². The van der Waals surface area contributed by atoms with Crippen molar-refractivity contribution in [3.63, 3.8) is 0 Å². The van der Waals surface area contributed by atoms with E-state index in [0.717, 1.165) is 41.5 Å². The molecule has 0 spiro atoms. The number of aryl methyl sites for hydroxylation is 1. The summed E-state index contributed by atoms with van der Waals surface area (Å²) >= 11 is 3.60. The summed E-state index contributed by atoms with van der Waals surface area (Å²) in [4.78, 5) is 3.63. The Kier molecular flexibility index (Phi) is 6.33. The van der Waals surface area contributed by atoms with Gasteiger partial charge in [-0.15, -0.1) is 0 Å². The Morgan fingerprint density at radius 2 is 1.76 bits per heavy atom. The van der Waals surface area contributed by atoms with Gasteiger partial charge in [0.1, 0.15) is 12.4 Å². The van der Waals surface area contributed by atoms with Crippen molar-refractivity contribution in [2.24, 2.45) is 5.73 Å². The molecule has 0 fully saturated rings. The summed E-state index contributed by atoms with van der Waals surface area (Å²) in [6.07, 6.45) is 3.08. The number of unbranched alkanes of at least 4 members (excludes halogenated alkanes) is 1. The first kappa shape index (κ1) is 19.7. The van der Waals surface area contributed by atoms with Crippen LogP contribution in [0.1, 0.15) is 24.0 Å². The first-order valence-electron chi connectivity index (χ1n) is 10.0. The minimum absolute atomic E-state index is 0.567. The topological polar surface area (TPSA) is 51.0 Å². The van der Waals surface area contributed by atoms with Crippen LogP contribution in [0, 0.1) is 0 Å². The second-order valence-electron chi connectivity index (χ2n) is 7.22. The predicted molar refractivity (Wildman–Crippen MR) is 124 cm³/mol. The normalized spacial score (nSPS) is 11.1. The lowest BCUT2D eigenvalue weighted by Crippen LogP contribution is -1.99. The molecule has 148 valence electrons. The van der Waals surface area contributed by atoms with Crippen molar-refractivity contribution < 1.29 is 4.74 Å². The van der Waals surface area contributed by atoms with E-state index in [0.29, 0.717) is 6.61 Å². The van der Waals surface area contributed by atoms with Crippen molar-refractivity contribution in [3.8, 4) is 17.0 Å². The lowest BCUT2D eigenvalue weighted by Gasteiger charge is -2.08. The maximum Gasteiger partial charge on any atom is 0.120 e. The number of nitrogens with two attached hydrogens (primary N) is 1. The molecular formula is C25H25BrN2O. The number of hydrogen-bond donors (Lipinski definition) is 2. The van der Waals surface area contributed by atoms with Crippen LogP contribution in [0.25, 0.3) is 22.2 Å². The van der Waals surface area contributed by atoms with Gasteiger partial charge in [0.2, 0.25) is 0 Å². The van der Waals surface area contributed by atoms with Crippen molar-refractivity contribution in [2.45, 2.75) is 25.9 Å². The van der Waals surface area contributed by atoms with Gasteiger partial charge in [0, 0.05) is 21.1 Å². The lowest BCUT2D eigenvalue weighted by atomic mass is 10.00. The zero-order chi connectivity index (χ0) is 20.1. The molecule has 0 saturated heterocycles. The van der Waals surface area contributed by atoms with Crippen molar-refractivity contribution in [2.75, 3.05) is 6.54 Å². The summed E-state index contributed by atoms with van der Waals surface area (Å²) in [5.74, 6) is 0.890. The molecule has 4 aromatic rings. The van der Waals surface area contributed by atoms with E-state index in [1.165, 1.54) is 27.8 Å². The molecule has 0 amide bonds. The largest absolute Gasteiger partial charge is 0.489 e. The average Bonchev–Trinajstić information content (AvgIpc) is 3.11. The molecule has 0 aliphatic carbocycles. The molecule has 3 N–H and O–H groups in total. The highest BCUT2D eigenvalue weighted by molar-refractivity contribution is 9.10. The van der Waals surface area contributed by atoms with Gasteiger partial charge in [-0.05, 0) is 72.8 Å². The van der Waals surface area contributed by atoms with Crippen LogP contribution in [0.5, 0.6) is 5.75 Å². The number of rotatable bonds is 8. The van der Waals surface area contributed by atoms with Gasteiger partial charge in [0.25, 0.3) is 0 Å². The Labute approximate surface area is 180 Å². The van der Waals surface area contributed by atoms with Gasteiger partial charge in [0.15, 0.2) is 0 Å². The monoisotopic (exact) mass is 448 g/mol. The van der Waals surface area contributed by atoms with Crippen LogP contribution in [0.4, 0.5) is 0 Å². The quantitative estimate of drug-likeness (QED) is 0.304. The minimum Gasteiger partial charge on any atom is -0.489 e. The molecule has 3 nitrogen and oxygen atoms in total. The first-order valence-corrected chi connectivity index (χ1v) is 10.8. The molecule has 0 atom stereocenters. The number of aromatic nitrogens is 1. The van der Waals surface area contributed by atoms with Crippen LogP contribution < -0.4 is 10.5 Å². The smallest absolute Gasteiger partial charge is 0.120 e. The SMILES string of the molecule is NCCCCc1c(-c2cccc(Br)c2)[nH]c2ccc(OCc3ccccc3)cc12. The van der Waals surface area contributed by atoms with Crippen molar-refractivity contribution in [1.29, 1.82) is 0 Å². The Hall–Kier alpha value is -2.56. The molecule has 0 saturated carbocycles. The third kappa shape index (κ3) is 4.72. The molecule has 4 rings (SSSR count). The molecule has 0 unspecified atom stereocenters. The molecule has 0 radical (unpaired) electrons. The van der Waals surface area contributed by atoms with Crippen LogP contribution in [0.15, 0.2) is 77.3 Å². The number of fused-ring (bicyclic) bond motifs is 1. The third-order valence-corrected chi connectivity index (χ3v) is 5.61. The predicted octanol–water partition coefficient (Wildman–Crippen LogP) is 6.46. The van der Waals surface area contributed by atoms with Crippen molar-refractivity contribution in [1.82, 2.24) is 4.98 Å². The van der Waals surface area contributed by atoms with Crippen LogP contribution in [-0.4, -0.2) is 11.5 Å². The Balaban J connectivity index is 1.68. The maximum absolute atomic E-state index is 6.07. The number of hydrogen-bond acceptors (Lipinski definition) is 2. The fourth-order valence-corrected chi connectivity index (χ4v) is 4.05. The van der Waals surface area contributed by atoms with Gasteiger partial charge in [0.05, 0.1) is 0 Å². The van der Waals surface area contributed by atoms with Crippen LogP contribution in [0.3, 0.4) is 0 Å². The Morgan fingerprint density at radius 1 is 0.897 bits per heavy atom. The van der Waals surface area contributed by atoms with E-state index >= 15 is 0 Å². The number of H-pyrrole nitrogens is 1. The molecule has 29 heavy (non-hydrogen) atoms. The summed E-state index contributed by atoms with van der Waals surface area (Å²) in [7, 11) is 0. The zero-order valence-electron chi connectivity index (χ0n) is 16.3. The lowest BCUT2D eigenvalue weighted by molar-refractivity contribution is 0.306. The summed E-state index contributed by atoms with van der Waals surface area (Å²) in [5.41, 5.74) is 11.7. The number of halogens is 1. The summed E-state index contributed by atoms with van der Waals surface area (Å²) in [6.45, 7) is 1.29. The zero-order valence-corrected chi connectivity index (χ0v) is 17.9. The van der Waals surface area contributed by atoms with Gasteiger partial charge < -0.3 is 15.5 Å². The number of nitrogens with one attached hydrogen (secondary N) is 1. The highest BCUT2D eigenvalue weighted by atomic mass is 79.9. The summed E-state index contributed by atoms with van der Waals surface area (Å²) < 4.78 is 7.15. The van der Waals surface area contributed by atoms with Crippen LogP contribution in [-0.2, 0) is 13.0 Å². The van der Waals surface area contributed by atoms with E-state index in [4.69, 9.17) is 10.5 Å². The molecule has 4 heteroatoms. The highest BCUT2D eigenvalue weighted by Crippen LogP contribution is 2.34. The molecule has 0 bridgehead atoms. The second kappa shape index (κ2) is 9.29. The molecule has 3 aromatic carbocycles. The van der Waals surface area contributed by atoms with Gasteiger partial charge in [-0.1, -0.05) is 58.4 Å². The Morgan fingerprint density at radius 3 is 2.55 bits per heavy atom. The fourth-order valence-electron chi connectivity index (χ4n) is 3.65. The molecule has 0 aliphatic heterocycles. The number of aromatic amines is 1. The third-order valence-electron chi connectivity index (χ3n) is 5.12. The average molecular weight is 449 g/mol. The summed E-state index contributed by atoms with van der Waals surface area (Å²) in [5, 5.41) is 1.22. The number of benzene rings is 3. The van der Waals surface area contributed by atoms with Gasteiger partial charge in [-0.3, -0.25) is 0 Å². The molecule has 0 aliphatic rings. The molecule has 1 aromatic heterocycles. The summed E-state index contributed by atoms with van der Waals surface area (Å²) in [6, 6.07) is 25.0. The maximum atomic E-state index is 6.07. The first-order chi connectivity index (χ1) is 14.2. The van der Waals surface area contributed by atoms with Crippen LogP contribution in [0.2, 0.25) is 0 Å². The van der Waals surface area contributed by atoms with Crippen LogP contribution >= 0.6 is 15.9 Å². The minimum atomic E-state index is 0.567. The van der Waals surface area contributed by atoms with Gasteiger partial charge in [-0.2, -0.15) is 0 Å². The van der Waals surface area contributed by atoms with E-state index in [9.17, 15) is 0 Å². The van der Waals surface area contributed by atoms with E-state index in [-0.39, 0.29) is 0 Å². The second-order valence-corrected chi connectivity index (χ2v) is 8.13. The van der Waals surface area contributed by atoms with Crippen molar-refractivity contribution >= 4 is 26.8 Å². The number of ether oxygens (including phenoxy) is 1. The molecule has 1 heterocycles. The van der Waals surface area contributed by atoms with Crippen molar-refractivity contribution in [3.05, 3.63) is 88.4 Å². The highest BCUT2D eigenvalue weighted by Gasteiger charge is 2.14. The van der Waals surface area contributed by atoms with E-state index < -0.39 is 0 Å². The fraction of sp³-hybridized carbons (Fsp3) is 0.200. The van der Waals surface area contributed by atoms with E-state index in [1.54, 1.807) is 0 Å².